The Morgan fingerprint density at radius 1 is 1.00 bits per heavy atom. The summed E-state index contributed by atoms with van der Waals surface area (Å²) in [5.41, 5.74) is 1.80. The van der Waals surface area contributed by atoms with E-state index in [0.717, 1.165) is 10.6 Å². The molecule has 35 heavy (non-hydrogen) atoms. The van der Waals surface area contributed by atoms with Crippen LogP contribution in [0.4, 0.5) is 5.69 Å². The van der Waals surface area contributed by atoms with Crippen molar-refractivity contribution in [1.29, 1.82) is 0 Å². The van der Waals surface area contributed by atoms with Crippen molar-refractivity contribution in [3.63, 3.8) is 0 Å². The Kier molecular flexibility index (Phi) is 9.25. The molecule has 1 N–H and O–H groups in total. The second-order valence-electron chi connectivity index (χ2n) is 9.65. The van der Waals surface area contributed by atoms with Gasteiger partial charge in [-0.3, -0.25) is 13.9 Å². The molecule has 0 fully saturated rings. The first-order valence-corrected chi connectivity index (χ1v) is 13.7. The molecule has 0 saturated carbocycles. The van der Waals surface area contributed by atoms with Gasteiger partial charge in [-0.15, -0.1) is 0 Å². The Morgan fingerprint density at radius 3 is 1.94 bits per heavy atom. The zero-order chi connectivity index (χ0) is 26.7. The fourth-order valence-corrected chi connectivity index (χ4v) is 5.17. The van der Waals surface area contributed by atoms with Crippen molar-refractivity contribution in [2.45, 2.75) is 59.7 Å². The van der Waals surface area contributed by atoms with Crippen LogP contribution in [0.25, 0.3) is 0 Å². The lowest BCUT2D eigenvalue weighted by atomic mass is 10.1. The lowest BCUT2D eigenvalue weighted by molar-refractivity contribution is -0.140. The molecule has 0 radical (unpaired) electrons. The van der Waals surface area contributed by atoms with Gasteiger partial charge in [0.15, 0.2) is 0 Å². The Balaban J connectivity index is 2.53. The summed E-state index contributed by atoms with van der Waals surface area (Å²) in [5.74, 6) is -0.947. The lowest BCUT2D eigenvalue weighted by Gasteiger charge is -2.34. The summed E-state index contributed by atoms with van der Waals surface area (Å²) in [7, 11) is -3.82. The van der Waals surface area contributed by atoms with E-state index in [1.165, 1.54) is 4.90 Å². The number of para-hydroxylation sites is 1. The molecule has 0 saturated heterocycles. The minimum absolute atomic E-state index is 0.0690. The Labute approximate surface area is 218 Å². The number of hydrogen-bond acceptors (Lipinski definition) is 4. The van der Waals surface area contributed by atoms with Crippen LogP contribution >= 0.6 is 23.2 Å². The van der Waals surface area contributed by atoms with E-state index in [1.54, 1.807) is 51.1 Å². The molecule has 2 rings (SSSR count). The maximum Gasteiger partial charge on any atom is 0.244 e. The minimum Gasteiger partial charge on any atom is -0.350 e. The van der Waals surface area contributed by atoms with Crippen molar-refractivity contribution in [1.82, 2.24) is 10.2 Å². The van der Waals surface area contributed by atoms with Crippen molar-refractivity contribution < 1.29 is 18.0 Å². The molecule has 0 heterocycles. The third-order valence-electron chi connectivity index (χ3n) is 5.42. The van der Waals surface area contributed by atoms with Gasteiger partial charge in [-0.05, 0) is 64.8 Å². The third-order valence-corrected chi connectivity index (χ3v) is 7.24. The molecule has 2 amide bonds. The van der Waals surface area contributed by atoms with Crippen molar-refractivity contribution >= 4 is 50.7 Å². The smallest absolute Gasteiger partial charge is 0.244 e. The molecule has 0 aliphatic rings. The number of carbonyl (C=O) groups excluding carboxylic acids is 2. The maximum absolute atomic E-state index is 13.7. The summed E-state index contributed by atoms with van der Waals surface area (Å²) in [6.07, 6.45) is 1.05. The van der Waals surface area contributed by atoms with E-state index in [2.05, 4.69) is 5.32 Å². The van der Waals surface area contributed by atoms with E-state index >= 15 is 0 Å². The van der Waals surface area contributed by atoms with Crippen molar-refractivity contribution in [3.05, 3.63) is 63.1 Å². The van der Waals surface area contributed by atoms with Gasteiger partial charge in [-0.1, -0.05) is 47.5 Å². The number of hydrogen-bond donors (Lipinski definition) is 1. The molecule has 1 atom stereocenters. The van der Waals surface area contributed by atoms with Crippen LogP contribution in [0.2, 0.25) is 10.0 Å². The van der Waals surface area contributed by atoms with Gasteiger partial charge in [-0.2, -0.15) is 0 Å². The summed E-state index contributed by atoms with van der Waals surface area (Å²) >= 11 is 12.7. The molecule has 0 spiro atoms. The summed E-state index contributed by atoms with van der Waals surface area (Å²) in [6.45, 7) is 10.1. The molecular formula is C25H33Cl2N3O4S. The minimum atomic E-state index is -3.82. The predicted molar refractivity (Wildman–Crippen MR) is 142 cm³/mol. The van der Waals surface area contributed by atoms with Crippen molar-refractivity contribution in [2.24, 2.45) is 0 Å². The SMILES string of the molecule is Cc1cccc(C)c1N(CC(=O)N(Cc1c(Cl)cccc1Cl)[C@@H](C)C(=O)NC(C)(C)C)S(C)(=O)=O. The maximum atomic E-state index is 13.7. The number of halogens is 2. The van der Waals surface area contributed by atoms with Crippen LogP contribution in [-0.4, -0.2) is 49.5 Å². The highest BCUT2D eigenvalue weighted by molar-refractivity contribution is 7.92. The quantitative estimate of drug-likeness (QED) is 0.524. The Morgan fingerprint density at radius 2 is 1.49 bits per heavy atom. The predicted octanol–water partition coefficient (Wildman–Crippen LogP) is 4.71. The van der Waals surface area contributed by atoms with E-state index in [-0.39, 0.29) is 12.5 Å². The number of carbonyl (C=O) groups is 2. The van der Waals surface area contributed by atoms with Crippen LogP contribution in [0.3, 0.4) is 0 Å². The van der Waals surface area contributed by atoms with Gasteiger partial charge in [0.2, 0.25) is 21.8 Å². The van der Waals surface area contributed by atoms with Crippen molar-refractivity contribution in [2.75, 3.05) is 17.1 Å². The number of rotatable bonds is 8. The van der Waals surface area contributed by atoms with Gasteiger partial charge in [0.05, 0.1) is 11.9 Å². The highest BCUT2D eigenvalue weighted by atomic mass is 35.5. The van der Waals surface area contributed by atoms with Gasteiger partial charge in [0.25, 0.3) is 0 Å². The van der Waals surface area contributed by atoms with Gasteiger partial charge in [0.1, 0.15) is 12.6 Å². The average Bonchev–Trinajstić information content (AvgIpc) is 2.70. The van der Waals surface area contributed by atoms with E-state index in [0.29, 0.717) is 32.4 Å². The van der Waals surface area contributed by atoms with Gasteiger partial charge in [-0.25, -0.2) is 8.42 Å². The molecule has 2 aromatic carbocycles. The normalized spacial score (nSPS) is 12.7. The molecule has 7 nitrogen and oxygen atoms in total. The number of benzene rings is 2. The first kappa shape index (κ1) is 28.9. The number of nitrogens with zero attached hydrogens (tertiary/aromatic N) is 2. The highest BCUT2D eigenvalue weighted by Gasteiger charge is 2.32. The van der Waals surface area contributed by atoms with Crippen LogP contribution in [-0.2, 0) is 26.2 Å². The standard InChI is InChI=1S/C25H33Cl2N3O4S/c1-16-10-8-11-17(2)23(16)30(35(7,33)34)15-22(31)29(18(3)24(32)28-25(4,5)6)14-19-20(26)12-9-13-21(19)27/h8-13,18H,14-15H2,1-7H3,(H,28,32)/t18-/m0/s1. The fourth-order valence-electron chi connectivity index (χ4n) is 3.69. The second kappa shape index (κ2) is 11.2. The summed E-state index contributed by atoms with van der Waals surface area (Å²) < 4.78 is 26.7. The molecule has 0 unspecified atom stereocenters. The molecular weight excluding hydrogens is 509 g/mol. The van der Waals surface area contributed by atoms with Crippen LogP contribution in [0.15, 0.2) is 36.4 Å². The molecule has 2 aromatic rings. The first-order chi connectivity index (χ1) is 16.0. The third kappa shape index (κ3) is 7.59. The number of aryl methyl sites for hydroxylation is 2. The zero-order valence-electron chi connectivity index (χ0n) is 21.1. The van der Waals surface area contributed by atoms with Crippen LogP contribution in [0, 0.1) is 13.8 Å². The molecule has 0 aromatic heterocycles. The fraction of sp³-hybridized carbons (Fsp3) is 0.440. The number of anilines is 1. The van der Waals surface area contributed by atoms with Gasteiger partial charge in [0, 0.05) is 27.7 Å². The van der Waals surface area contributed by atoms with E-state index in [1.807, 2.05) is 26.8 Å². The summed E-state index contributed by atoms with van der Waals surface area (Å²) in [4.78, 5) is 28.0. The zero-order valence-corrected chi connectivity index (χ0v) is 23.5. The first-order valence-electron chi connectivity index (χ1n) is 11.1. The number of nitrogens with one attached hydrogen (secondary N) is 1. The van der Waals surface area contributed by atoms with E-state index in [4.69, 9.17) is 23.2 Å². The Bertz CT molecular complexity index is 1170. The molecule has 0 aliphatic carbocycles. The Hall–Kier alpha value is -2.29. The molecule has 0 bridgehead atoms. The number of sulfonamides is 1. The topological polar surface area (TPSA) is 86.8 Å². The highest BCUT2D eigenvalue weighted by Crippen LogP contribution is 2.29. The molecule has 10 heteroatoms. The van der Waals surface area contributed by atoms with E-state index < -0.39 is 34.1 Å². The van der Waals surface area contributed by atoms with E-state index in [9.17, 15) is 18.0 Å². The van der Waals surface area contributed by atoms with Crippen LogP contribution in [0.1, 0.15) is 44.4 Å². The van der Waals surface area contributed by atoms with Crippen molar-refractivity contribution in [3.8, 4) is 0 Å². The summed E-state index contributed by atoms with van der Waals surface area (Å²) in [6, 6.07) is 9.43. The lowest BCUT2D eigenvalue weighted by Crippen LogP contribution is -2.54. The second-order valence-corrected chi connectivity index (χ2v) is 12.4. The van der Waals surface area contributed by atoms with Gasteiger partial charge < -0.3 is 10.2 Å². The van der Waals surface area contributed by atoms with Crippen LogP contribution < -0.4 is 9.62 Å². The summed E-state index contributed by atoms with van der Waals surface area (Å²) in [5, 5.41) is 3.55. The van der Waals surface area contributed by atoms with Crippen LogP contribution in [0.5, 0.6) is 0 Å². The molecule has 0 aliphatic heterocycles. The monoisotopic (exact) mass is 541 g/mol. The molecule has 192 valence electrons. The number of amides is 2. The van der Waals surface area contributed by atoms with Gasteiger partial charge >= 0.3 is 0 Å². The largest absolute Gasteiger partial charge is 0.350 e. The average molecular weight is 543 g/mol.